The Morgan fingerprint density at radius 3 is 2.23 bits per heavy atom. The van der Waals surface area contributed by atoms with E-state index < -0.39 is 29.9 Å². The number of hydrogen-bond acceptors (Lipinski definition) is 4. The molecule has 1 aliphatic rings. The fourth-order valence-corrected chi connectivity index (χ4v) is 3.18. The van der Waals surface area contributed by atoms with Crippen LogP contribution in [0.5, 0.6) is 0 Å². The number of aliphatic carboxylic acids is 1. The van der Waals surface area contributed by atoms with E-state index in [1.807, 2.05) is 36.4 Å². The lowest BCUT2D eigenvalue weighted by molar-refractivity contribution is -0.155. The van der Waals surface area contributed by atoms with Crippen LogP contribution < -0.4 is 0 Å². The van der Waals surface area contributed by atoms with Gasteiger partial charge in [-0.25, -0.2) is 9.59 Å². The lowest BCUT2D eigenvalue weighted by Crippen LogP contribution is -2.45. The van der Waals surface area contributed by atoms with E-state index in [9.17, 15) is 14.7 Å². The summed E-state index contributed by atoms with van der Waals surface area (Å²) in [5.74, 6) is -1.12. The molecule has 0 aliphatic carbocycles. The van der Waals surface area contributed by atoms with E-state index in [1.54, 1.807) is 38.1 Å². The highest BCUT2D eigenvalue weighted by atomic mass is 16.6. The molecule has 1 aliphatic heterocycles. The van der Waals surface area contributed by atoms with Gasteiger partial charge >= 0.3 is 12.1 Å². The summed E-state index contributed by atoms with van der Waals surface area (Å²) in [6.45, 7) is 3.43. The third-order valence-electron chi connectivity index (χ3n) is 4.35. The Balaban J connectivity index is 1.88. The Morgan fingerprint density at radius 1 is 1.08 bits per heavy atom. The largest absolute Gasteiger partial charge is 0.479 e. The Kier molecular flexibility index (Phi) is 4.95. The van der Waals surface area contributed by atoms with Gasteiger partial charge < -0.3 is 14.6 Å². The molecule has 3 rings (SSSR count). The number of rotatable bonds is 4. The van der Waals surface area contributed by atoms with Crippen molar-refractivity contribution in [3.8, 4) is 0 Å². The number of hydrogen-bond donors (Lipinski definition) is 1. The zero-order valence-corrected chi connectivity index (χ0v) is 14.7. The standard InChI is InChI=1S/C20H21NO5/c1-20(2)21(19(24)25-13-14-9-5-3-6-10-14)16(17(26-20)18(22)23)15-11-7-4-8-12-15/h3-12,16-17H,13H2,1-2H3,(H,22,23). The highest BCUT2D eigenvalue weighted by Crippen LogP contribution is 2.42. The van der Waals surface area contributed by atoms with Gasteiger partial charge in [-0.2, -0.15) is 0 Å². The molecule has 136 valence electrons. The topological polar surface area (TPSA) is 76.1 Å². The van der Waals surface area contributed by atoms with Gasteiger partial charge in [0, 0.05) is 0 Å². The van der Waals surface area contributed by atoms with Crippen molar-refractivity contribution in [3.63, 3.8) is 0 Å². The van der Waals surface area contributed by atoms with Crippen LogP contribution in [0.15, 0.2) is 60.7 Å². The van der Waals surface area contributed by atoms with Crippen LogP contribution in [0.3, 0.4) is 0 Å². The minimum absolute atomic E-state index is 0.103. The summed E-state index contributed by atoms with van der Waals surface area (Å²) in [4.78, 5) is 25.9. The third kappa shape index (κ3) is 3.55. The molecule has 2 aromatic carbocycles. The van der Waals surface area contributed by atoms with Crippen molar-refractivity contribution in [1.82, 2.24) is 4.90 Å². The van der Waals surface area contributed by atoms with Crippen LogP contribution in [-0.4, -0.2) is 33.9 Å². The fourth-order valence-electron chi connectivity index (χ4n) is 3.18. The van der Waals surface area contributed by atoms with Crippen LogP contribution in [0.25, 0.3) is 0 Å². The molecule has 26 heavy (non-hydrogen) atoms. The summed E-state index contributed by atoms with van der Waals surface area (Å²) in [7, 11) is 0. The van der Waals surface area contributed by atoms with Gasteiger partial charge in [-0.1, -0.05) is 60.7 Å². The quantitative estimate of drug-likeness (QED) is 0.907. The zero-order valence-electron chi connectivity index (χ0n) is 14.7. The van der Waals surface area contributed by atoms with E-state index in [0.717, 1.165) is 5.56 Å². The number of carboxylic acids is 1. The van der Waals surface area contributed by atoms with Crippen LogP contribution >= 0.6 is 0 Å². The van der Waals surface area contributed by atoms with Gasteiger partial charge in [0.2, 0.25) is 0 Å². The molecule has 1 N–H and O–H groups in total. The molecule has 6 nitrogen and oxygen atoms in total. The molecule has 0 saturated carbocycles. The zero-order chi connectivity index (χ0) is 18.7. The van der Waals surface area contributed by atoms with Gasteiger partial charge in [0.05, 0.1) is 0 Å². The number of amides is 1. The average molecular weight is 355 g/mol. The number of carboxylic acid groups (broad SMARTS) is 1. The summed E-state index contributed by atoms with van der Waals surface area (Å²) in [6.07, 6.45) is -1.78. The molecule has 2 unspecified atom stereocenters. The first-order valence-electron chi connectivity index (χ1n) is 8.36. The first-order chi connectivity index (χ1) is 12.4. The lowest BCUT2D eigenvalue weighted by atomic mass is 10.0. The van der Waals surface area contributed by atoms with Crippen molar-refractivity contribution in [2.45, 2.75) is 38.3 Å². The summed E-state index contributed by atoms with van der Waals surface area (Å²) in [5.41, 5.74) is 0.420. The number of carbonyl (C=O) groups excluding carboxylic acids is 1. The van der Waals surface area contributed by atoms with Gasteiger partial charge in [0.1, 0.15) is 18.4 Å². The van der Waals surface area contributed by atoms with E-state index in [0.29, 0.717) is 5.56 Å². The molecule has 6 heteroatoms. The average Bonchev–Trinajstić information content (AvgIpc) is 2.93. The van der Waals surface area contributed by atoms with Crippen molar-refractivity contribution in [3.05, 3.63) is 71.8 Å². The fraction of sp³-hybridized carbons (Fsp3) is 0.300. The summed E-state index contributed by atoms with van der Waals surface area (Å²) in [5, 5.41) is 9.58. The Morgan fingerprint density at radius 2 is 1.65 bits per heavy atom. The molecule has 0 bridgehead atoms. The second-order valence-electron chi connectivity index (χ2n) is 6.59. The van der Waals surface area contributed by atoms with Crippen molar-refractivity contribution in [2.24, 2.45) is 0 Å². The van der Waals surface area contributed by atoms with Gasteiger partial charge in [0.15, 0.2) is 6.10 Å². The van der Waals surface area contributed by atoms with Crippen LogP contribution in [-0.2, 0) is 20.9 Å². The molecule has 1 saturated heterocycles. The number of benzene rings is 2. The lowest BCUT2D eigenvalue weighted by Gasteiger charge is -2.32. The maximum Gasteiger partial charge on any atom is 0.413 e. The summed E-state index contributed by atoms with van der Waals surface area (Å²) in [6, 6.07) is 17.5. The summed E-state index contributed by atoms with van der Waals surface area (Å²) < 4.78 is 11.1. The first kappa shape index (κ1) is 17.9. The predicted octanol–water partition coefficient (Wildman–Crippen LogP) is 3.59. The van der Waals surface area contributed by atoms with Crippen molar-refractivity contribution >= 4 is 12.1 Å². The smallest absolute Gasteiger partial charge is 0.413 e. The van der Waals surface area contributed by atoms with Crippen molar-refractivity contribution < 1.29 is 24.2 Å². The minimum atomic E-state index is -1.17. The maximum absolute atomic E-state index is 12.8. The SMILES string of the molecule is CC1(C)OC(C(=O)O)C(c2ccccc2)N1C(=O)OCc1ccccc1. The normalized spacial score (nSPS) is 21.4. The molecule has 2 aromatic rings. The van der Waals surface area contributed by atoms with E-state index >= 15 is 0 Å². The number of ether oxygens (including phenoxy) is 2. The van der Waals surface area contributed by atoms with Crippen LogP contribution in [0.4, 0.5) is 4.79 Å². The number of nitrogens with zero attached hydrogens (tertiary/aromatic N) is 1. The molecular weight excluding hydrogens is 334 g/mol. The molecule has 1 fully saturated rings. The van der Waals surface area contributed by atoms with Crippen LogP contribution in [0.1, 0.15) is 31.0 Å². The van der Waals surface area contributed by atoms with Crippen LogP contribution in [0.2, 0.25) is 0 Å². The Bertz CT molecular complexity index is 775. The van der Waals surface area contributed by atoms with Gasteiger partial charge in [-0.05, 0) is 25.0 Å². The van der Waals surface area contributed by atoms with E-state index in [1.165, 1.54) is 4.90 Å². The second kappa shape index (κ2) is 7.17. The van der Waals surface area contributed by atoms with E-state index in [4.69, 9.17) is 9.47 Å². The van der Waals surface area contributed by atoms with Gasteiger partial charge in [0.25, 0.3) is 0 Å². The highest BCUT2D eigenvalue weighted by Gasteiger charge is 2.54. The molecule has 0 radical (unpaired) electrons. The first-order valence-corrected chi connectivity index (χ1v) is 8.36. The van der Waals surface area contributed by atoms with E-state index in [-0.39, 0.29) is 6.61 Å². The molecule has 1 heterocycles. The minimum Gasteiger partial charge on any atom is -0.479 e. The predicted molar refractivity (Wildman–Crippen MR) is 94.2 cm³/mol. The molecule has 0 spiro atoms. The molecule has 1 amide bonds. The highest BCUT2D eigenvalue weighted by molar-refractivity contribution is 5.77. The molecule has 2 atom stereocenters. The van der Waals surface area contributed by atoms with Crippen molar-refractivity contribution in [2.75, 3.05) is 0 Å². The maximum atomic E-state index is 12.8. The Hall–Kier alpha value is -2.86. The molecular formula is C20H21NO5. The van der Waals surface area contributed by atoms with Crippen LogP contribution in [0, 0.1) is 0 Å². The summed E-state index contributed by atoms with van der Waals surface area (Å²) >= 11 is 0. The Labute approximate surface area is 152 Å². The second-order valence-corrected chi connectivity index (χ2v) is 6.59. The van der Waals surface area contributed by atoms with E-state index in [2.05, 4.69) is 0 Å². The molecule has 0 aromatic heterocycles. The van der Waals surface area contributed by atoms with Crippen molar-refractivity contribution in [1.29, 1.82) is 0 Å². The van der Waals surface area contributed by atoms with Gasteiger partial charge in [-0.3, -0.25) is 4.90 Å². The van der Waals surface area contributed by atoms with Gasteiger partial charge in [-0.15, -0.1) is 0 Å². The monoisotopic (exact) mass is 355 g/mol. The number of carbonyl (C=O) groups is 2. The third-order valence-corrected chi connectivity index (χ3v) is 4.35.